The first-order chi connectivity index (χ1) is 11.1. The molecule has 0 heterocycles. The number of allylic oxidation sites excluding steroid dienone is 1. The van der Waals surface area contributed by atoms with Gasteiger partial charge >= 0.3 is 0 Å². The number of hydrogen-bond acceptors (Lipinski definition) is 2. The van der Waals surface area contributed by atoms with Gasteiger partial charge in [0.05, 0.1) is 12.2 Å². The van der Waals surface area contributed by atoms with Crippen LogP contribution in [0.4, 0.5) is 4.39 Å². The van der Waals surface area contributed by atoms with Gasteiger partial charge in [0.15, 0.2) is 0 Å². The minimum absolute atomic E-state index is 0.267. The Morgan fingerprint density at radius 1 is 0.870 bits per heavy atom. The van der Waals surface area contributed by atoms with Crippen molar-refractivity contribution in [2.45, 2.75) is 69.7 Å². The van der Waals surface area contributed by atoms with Crippen molar-refractivity contribution in [3.05, 3.63) is 11.6 Å². The van der Waals surface area contributed by atoms with Gasteiger partial charge in [-0.05, 0) is 92.8 Å². The highest BCUT2D eigenvalue weighted by Gasteiger charge is 2.56. The van der Waals surface area contributed by atoms with Crippen molar-refractivity contribution in [3.8, 4) is 0 Å². The van der Waals surface area contributed by atoms with Gasteiger partial charge in [-0.2, -0.15) is 0 Å². The van der Waals surface area contributed by atoms with E-state index < -0.39 is 18.4 Å². The van der Waals surface area contributed by atoms with Gasteiger partial charge in [0.2, 0.25) is 0 Å². The van der Waals surface area contributed by atoms with Gasteiger partial charge in [-0.15, -0.1) is 0 Å². The fourth-order valence-electron chi connectivity index (χ4n) is 7.56. The second-order valence-corrected chi connectivity index (χ2v) is 9.10. The Hall–Kier alpha value is -0.410. The highest BCUT2D eigenvalue weighted by Crippen LogP contribution is 2.62. The molecule has 5 rings (SSSR count). The molecule has 0 aromatic heterocycles. The maximum absolute atomic E-state index is 13.9. The van der Waals surface area contributed by atoms with Crippen LogP contribution in [0, 0.1) is 41.4 Å². The lowest BCUT2D eigenvalue weighted by atomic mass is 9.45. The monoisotopic (exact) mass is 320 g/mol. The summed E-state index contributed by atoms with van der Waals surface area (Å²) in [6.07, 6.45) is 8.64. The predicted molar refractivity (Wildman–Crippen MR) is 86.4 cm³/mol. The smallest absolute Gasteiger partial charge is 0.100 e. The molecule has 128 valence electrons. The molecule has 10 atom stereocenters. The van der Waals surface area contributed by atoms with Crippen LogP contribution in [0.1, 0.15) is 51.4 Å². The Bertz CT molecular complexity index is 518. The summed E-state index contributed by atoms with van der Waals surface area (Å²) < 4.78 is 13.9. The third-order valence-corrected chi connectivity index (χ3v) is 8.29. The summed E-state index contributed by atoms with van der Waals surface area (Å²) in [4.78, 5) is 0. The Morgan fingerprint density at radius 3 is 2.57 bits per heavy atom. The molecular weight excluding hydrogens is 291 g/mol. The zero-order valence-corrected chi connectivity index (χ0v) is 13.8. The topological polar surface area (TPSA) is 40.5 Å². The number of aliphatic hydroxyl groups excluding tert-OH is 2. The van der Waals surface area contributed by atoms with Crippen LogP contribution in [0.25, 0.3) is 0 Å². The highest BCUT2D eigenvalue weighted by molar-refractivity contribution is 5.24. The molecule has 3 heteroatoms. The van der Waals surface area contributed by atoms with Crippen LogP contribution >= 0.6 is 0 Å². The van der Waals surface area contributed by atoms with Crippen LogP contribution in [0.5, 0.6) is 0 Å². The van der Waals surface area contributed by atoms with Gasteiger partial charge in [-0.3, -0.25) is 0 Å². The predicted octanol–water partition coefficient (Wildman–Crippen LogP) is 3.47. The number of aliphatic hydroxyl groups is 2. The number of fused-ring (bicyclic) bond motifs is 2. The molecule has 2 nitrogen and oxygen atoms in total. The molecule has 10 unspecified atom stereocenters. The van der Waals surface area contributed by atoms with Gasteiger partial charge in [0.25, 0.3) is 0 Å². The average molecular weight is 320 g/mol. The van der Waals surface area contributed by atoms with Gasteiger partial charge in [-0.25, -0.2) is 4.39 Å². The fourth-order valence-corrected chi connectivity index (χ4v) is 7.56. The van der Waals surface area contributed by atoms with Gasteiger partial charge in [0.1, 0.15) is 6.17 Å². The van der Waals surface area contributed by atoms with E-state index in [0.29, 0.717) is 17.8 Å². The van der Waals surface area contributed by atoms with E-state index in [2.05, 4.69) is 0 Å². The molecule has 0 bridgehead atoms. The van der Waals surface area contributed by atoms with Crippen LogP contribution in [-0.2, 0) is 0 Å². The summed E-state index contributed by atoms with van der Waals surface area (Å²) in [5, 5.41) is 20.7. The van der Waals surface area contributed by atoms with Crippen LogP contribution in [-0.4, -0.2) is 28.6 Å². The van der Waals surface area contributed by atoms with E-state index in [0.717, 1.165) is 49.9 Å². The second kappa shape index (κ2) is 5.29. The molecule has 5 aliphatic carbocycles. The van der Waals surface area contributed by atoms with Crippen LogP contribution in [0.3, 0.4) is 0 Å². The lowest BCUT2D eigenvalue weighted by Gasteiger charge is -2.60. The number of rotatable bonds is 0. The third-order valence-electron chi connectivity index (χ3n) is 8.29. The molecule has 0 aromatic rings. The molecule has 4 fully saturated rings. The van der Waals surface area contributed by atoms with Crippen molar-refractivity contribution in [1.29, 1.82) is 0 Å². The Kier molecular flexibility index (Phi) is 3.43. The molecule has 0 radical (unpaired) electrons. The van der Waals surface area contributed by atoms with Gasteiger partial charge in [-0.1, -0.05) is 11.6 Å². The Labute approximate surface area is 138 Å². The van der Waals surface area contributed by atoms with Crippen molar-refractivity contribution in [2.24, 2.45) is 41.4 Å². The number of hydrogen-bond donors (Lipinski definition) is 2. The Balaban J connectivity index is 1.50. The van der Waals surface area contributed by atoms with E-state index in [1.807, 2.05) is 6.08 Å². The summed E-state index contributed by atoms with van der Waals surface area (Å²) in [6.45, 7) is 0. The van der Waals surface area contributed by atoms with Crippen LogP contribution < -0.4 is 0 Å². The van der Waals surface area contributed by atoms with Crippen LogP contribution in [0.2, 0.25) is 0 Å². The molecule has 0 spiro atoms. The van der Waals surface area contributed by atoms with E-state index in [-0.39, 0.29) is 5.92 Å². The number of alkyl halides is 1. The lowest BCUT2D eigenvalue weighted by Crippen LogP contribution is -2.56. The maximum Gasteiger partial charge on any atom is 0.100 e. The largest absolute Gasteiger partial charge is 0.390 e. The Morgan fingerprint density at radius 2 is 1.70 bits per heavy atom. The zero-order chi connectivity index (χ0) is 15.7. The van der Waals surface area contributed by atoms with Crippen LogP contribution in [0.15, 0.2) is 11.6 Å². The van der Waals surface area contributed by atoms with Crippen molar-refractivity contribution in [1.82, 2.24) is 0 Å². The maximum atomic E-state index is 13.9. The van der Waals surface area contributed by atoms with Crippen molar-refractivity contribution in [3.63, 3.8) is 0 Å². The first-order valence-electron chi connectivity index (χ1n) is 9.84. The van der Waals surface area contributed by atoms with E-state index >= 15 is 0 Å². The quantitative estimate of drug-likeness (QED) is 0.671. The lowest BCUT2D eigenvalue weighted by molar-refractivity contribution is -0.117. The first kappa shape index (κ1) is 14.9. The zero-order valence-electron chi connectivity index (χ0n) is 13.8. The molecule has 0 aromatic carbocycles. The SMILES string of the molecule is OC1C=C2CCC3C4CCC(F)CC4CC4CCC(C1O)C2C43. The van der Waals surface area contributed by atoms with E-state index in [9.17, 15) is 14.6 Å². The molecule has 0 saturated heterocycles. The van der Waals surface area contributed by atoms with E-state index in [4.69, 9.17) is 0 Å². The first-order valence-corrected chi connectivity index (χ1v) is 9.84. The third kappa shape index (κ3) is 2.12. The number of halogens is 1. The minimum atomic E-state index is -0.655. The average Bonchev–Trinajstić information content (AvgIpc) is 2.55. The highest BCUT2D eigenvalue weighted by atomic mass is 19.1. The summed E-state index contributed by atoms with van der Waals surface area (Å²) in [5.74, 6) is 4.31. The molecule has 0 amide bonds. The molecular formula is C20H29FO2. The summed E-state index contributed by atoms with van der Waals surface area (Å²) in [5.41, 5.74) is 1.44. The normalized spacial score (nSPS) is 58.0. The van der Waals surface area contributed by atoms with E-state index in [1.54, 1.807) is 0 Å². The molecule has 2 N–H and O–H groups in total. The molecule has 4 saturated carbocycles. The van der Waals surface area contributed by atoms with E-state index in [1.165, 1.54) is 24.8 Å². The molecule has 5 aliphatic rings. The van der Waals surface area contributed by atoms with Crippen molar-refractivity contribution >= 4 is 0 Å². The molecule has 23 heavy (non-hydrogen) atoms. The van der Waals surface area contributed by atoms with Crippen molar-refractivity contribution < 1.29 is 14.6 Å². The molecule has 0 aliphatic heterocycles. The minimum Gasteiger partial charge on any atom is -0.390 e. The summed E-state index contributed by atoms with van der Waals surface area (Å²) in [7, 11) is 0. The summed E-state index contributed by atoms with van der Waals surface area (Å²) in [6, 6.07) is 0. The van der Waals surface area contributed by atoms with Gasteiger partial charge < -0.3 is 10.2 Å². The van der Waals surface area contributed by atoms with Gasteiger partial charge in [0, 0.05) is 0 Å². The van der Waals surface area contributed by atoms with Crippen molar-refractivity contribution in [2.75, 3.05) is 0 Å². The second-order valence-electron chi connectivity index (χ2n) is 9.10. The summed E-state index contributed by atoms with van der Waals surface area (Å²) >= 11 is 0. The fraction of sp³-hybridized carbons (Fsp3) is 0.900. The standard InChI is InChI=1S/C20H29FO2/c21-13-3-6-14-12(8-13)7-10-2-5-16-19-11(9-17(22)20(16)23)1-4-15(14)18(10)19/h9-10,12-20,22-23H,1-8H2.